The maximum atomic E-state index is 12.4. The molecule has 3 heterocycles. The number of nitriles is 1. The van der Waals surface area contributed by atoms with Gasteiger partial charge in [0, 0.05) is 51.5 Å². The Hall–Kier alpha value is -2.13. The van der Waals surface area contributed by atoms with Crippen molar-refractivity contribution in [2.24, 2.45) is 5.41 Å². The Morgan fingerprint density at radius 3 is 2.74 bits per heavy atom. The Balaban J connectivity index is 1.26. The fourth-order valence-corrected chi connectivity index (χ4v) is 4.92. The van der Waals surface area contributed by atoms with Crippen molar-refractivity contribution < 1.29 is 9.53 Å². The number of nitrogens with zero attached hydrogens (tertiary/aromatic N) is 4. The summed E-state index contributed by atoms with van der Waals surface area (Å²) >= 11 is 0. The molecule has 4 rings (SSSR count). The van der Waals surface area contributed by atoms with Gasteiger partial charge in [-0.3, -0.25) is 14.7 Å². The van der Waals surface area contributed by atoms with E-state index in [2.05, 4.69) is 20.9 Å². The third-order valence-corrected chi connectivity index (χ3v) is 6.53. The van der Waals surface area contributed by atoms with Crippen LogP contribution in [0.4, 0.5) is 5.69 Å². The lowest BCUT2D eigenvalue weighted by atomic mass is 9.72. The molecule has 1 atom stereocenters. The van der Waals surface area contributed by atoms with Crippen molar-refractivity contribution >= 4 is 11.7 Å². The van der Waals surface area contributed by atoms with E-state index in [1.807, 2.05) is 6.07 Å². The number of anilines is 1. The minimum Gasteiger partial charge on any atom is -0.462 e. The number of rotatable bonds is 4. The smallest absolute Gasteiger partial charge is 0.312 e. The lowest BCUT2D eigenvalue weighted by molar-refractivity contribution is -0.150. The maximum absolute atomic E-state index is 12.4. The zero-order valence-electron chi connectivity index (χ0n) is 15.9. The topological polar surface area (TPSA) is 69.5 Å². The van der Waals surface area contributed by atoms with Gasteiger partial charge in [-0.25, -0.2) is 0 Å². The van der Waals surface area contributed by atoms with Crippen LogP contribution in [0.3, 0.4) is 0 Å². The van der Waals surface area contributed by atoms with Crippen LogP contribution in [0.2, 0.25) is 0 Å². The quantitative estimate of drug-likeness (QED) is 0.761. The highest BCUT2D eigenvalue weighted by Crippen LogP contribution is 2.46. The lowest BCUT2D eigenvalue weighted by Gasteiger charge is -2.36. The molecule has 2 aliphatic heterocycles. The van der Waals surface area contributed by atoms with Crippen LogP contribution in [0, 0.1) is 16.7 Å². The van der Waals surface area contributed by atoms with E-state index >= 15 is 0 Å². The summed E-state index contributed by atoms with van der Waals surface area (Å²) in [7, 11) is 0. The number of carbonyl (C=O) groups excluding carboxylic acids is 1. The first-order chi connectivity index (χ1) is 13.2. The van der Waals surface area contributed by atoms with Gasteiger partial charge in [0.05, 0.1) is 16.7 Å². The highest BCUT2D eigenvalue weighted by atomic mass is 16.6. The first kappa shape index (κ1) is 18.2. The van der Waals surface area contributed by atoms with Crippen LogP contribution >= 0.6 is 0 Å². The van der Waals surface area contributed by atoms with Crippen molar-refractivity contribution in [3.05, 3.63) is 24.0 Å². The third-order valence-electron chi connectivity index (χ3n) is 6.53. The van der Waals surface area contributed by atoms with E-state index in [1.54, 1.807) is 12.4 Å². The SMILES string of the molecule is N#Cc1cnccc1N1CCN(CCC2CC3(CCCCC3)C(=O)O2)CC1. The Bertz CT molecular complexity index is 715. The Morgan fingerprint density at radius 2 is 2.00 bits per heavy atom. The van der Waals surface area contributed by atoms with E-state index in [4.69, 9.17) is 4.74 Å². The Morgan fingerprint density at radius 1 is 1.22 bits per heavy atom. The molecule has 27 heavy (non-hydrogen) atoms. The molecule has 0 N–H and O–H groups in total. The first-order valence-electron chi connectivity index (χ1n) is 10.2. The van der Waals surface area contributed by atoms with E-state index in [1.165, 1.54) is 19.3 Å². The minimum atomic E-state index is -0.156. The number of ether oxygens (including phenoxy) is 1. The molecule has 6 nitrogen and oxygen atoms in total. The summed E-state index contributed by atoms with van der Waals surface area (Å²) in [5, 5.41) is 9.26. The van der Waals surface area contributed by atoms with Gasteiger partial charge in [-0.15, -0.1) is 0 Å². The van der Waals surface area contributed by atoms with Gasteiger partial charge in [-0.1, -0.05) is 19.3 Å². The molecule has 6 heteroatoms. The molecule has 1 unspecified atom stereocenters. The number of esters is 1. The van der Waals surface area contributed by atoms with Gasteiger partial charge >= 0.3 is 5.97 Å². The molecule has 1 spiro atoms. The number of cyclic esters (lactones) is 1. The van der Waals surface area contributed by atoms with Crippen molar-refractivity contribution in [3.8, 4) is 6.07 Å². The molecule has 3 fully saturated rings. The average molecular weight is 368 g/mol. The monoisotopic (exact) mass is 368 g/mol. The molecule has 0 bridgehead atoms. The van der Waals surface area contributed by atoms with Gasteiger partial charge in [0.15, 0.2) is 0 Å². The Labute approximate surface area is 161 Å². The number of hydrogen-bond donors (Lipinski definition) is 0. The van der Waals surface area contributed by atoms with Crippen LogP contribution < -0.4 is 4.90 Å². The molecular weight excluding hydrogens is 340 g/mol. The molecule has 0 radical (unpaired) electrons. The summed E-state index contributed by atoms with van der Waals surface area (Å²) in [4.78, 5) is 21.2. The highest BCUT2D eigenvalue weighted by molar-refractivity contribution is 5.79. The van der Waals surface area contributed by atoms with Gasteiger partial charge in [0.1, 0.15) is 12.2 Å². The molecule has 0 amide bonds. The van der Waals surface area contributed by atoms with Crippen molar-refractivity contribution in [3.63, 3.8) is 0 Å². The standard InChI is InChI=1S/C21H28N4O2/c22-15-17-16-23-8-4-19(17)25-12-10-24(11-13-25)9-5-18-14-21(20(26)27-18)6-2-1-3-7-21/h4,8,16,18H,1-3,5-7,9-14H2. The van der Waals surface area contributed by atoms with Gasteiger partial charge in [-0.05, 0) is 25.3 Å². The van der Waals surface area contributed by atoms with Crippen molar-refractivity contribution in [2.45, 2.75) is 51.0 Å². The fraction of sp³-hybridized carbons (Fsp3) is 0.667. The van der Waals surface area contributed by atoms with E-state index in [-0.39, 0.29) is 17.5 Å². The largest absolute Gasteiger partial charge is 0.462 e. The molecule has 0 aromatic carbocycles. The van der Waals surface area contributed by atoms with Crippen LogP contribution in [0.15, 0.2) is 18.5 Å². The summed E-state index contributed by atoms with van der Waals surface area (Å²) in [6.07, 6.45) is 11.0. The minimum absolute atomic E-state index is 0.0683. The second kappa shape index (κ2) is 7.85. The lowest BCUT2D eigenvalue weighted by Crippen LogP contribution is -2.47. The summed E-state index contributed by atoms with van der Waals surface area (Å²) in [6.45, 7) is 4.74. The average Bonchev–Trinajstić information content (AvgIpc) is 3.02. The zero-order chi connectivity index (χ0) is 18.7. The molecule has 2 saturated heterocycles. The summed E-state index contributed by atoms with van der Waals surface area (Å²) < 4.78 is 5.75. The number of carbonyl (C=O) groups is 1. The van der Waals surface area contributed by atoms with Crippen LogP contribution in [-0.2, 0) is 9.53 Å². The van der Waals surface area contributed by atoms with Crippen LogP contribution in [-0.4, -0.2) is 54.7 Å². The van der Waals surface area contributed by atoms with Crippen LogP contribution in [0.25, 0.3) is 0 Å². The molecule has 1 saturated carbocycles. The Kier molecular flexibility index (Phi) is 5.31. The summed E-state index contributed by atoms with van der Waals surface area (Å²) in [5.74, 6) is 0.0683. The van der Waals surface area contributed by atoms with Crippen molar-refractivity contribution in [2.75, 3.05) is 37.6 Å². The first-order valence-corrected chi connectivity index (χ1v) is 10.2. The van der Waals surface area contributed by atoms with Crippen molar-refractivity contribution in [1.29, 1.82) is 5.26 Å². The van der Waals surface area contributed by atoms with E-state index in [9.17, 15) is 10.1 Å². The number of hydrogen-bond acceptors (Lipinski definition) is 6. The third kappa shape index (κ3) is 3.79. The maximum Gasteiger partial charge on any atom is 0.312 e. The fourth-order valence-electron chi connectivity index (χ4n) is 4.92. The van der Waals surface area contributed by atoms with Gasteiger partial charge in [0.2, 0.25) is 0 Å². The van der Waals surface area contributed by atoms with Gasteiger partial charge < -0.3 is 9.64 Å². The predicted octanol–water partition coefficient (Wildman–Crippen LogP) is 2.73. The van der Waals surface area contributed by atoms with Gasteiger partial charge in [-0.2, -0.15) is 5.26 Å². The second-order valence-electron chi connectivity index (χ2n) is 8.19. The van der Waals surface area contributed by atoms with Crippen molar-refractivity contribution in [1.82, 2.24) is 9.88 Å². The normalized spacial score (nSPS) is 25.4. The second-order valence-corrected chi connectivity index (χ2v) is 8.19. The number of aromatic nitrogens is 1. The van der Waals surface area contributed by atoms with Gasteiger partial charge in [0.25, 0.3) is 0 Å². The van der Waals surface area contributed by atoms with E-state index in [0.717, 1.165) is 64.1 Å². The van der Waals surface area contributed by atoms with Crippen LogP contribution in [0.1, 0.15) is 50.5 Å². The zero-order valence-corrected chi connectivity index (χ0v) is 15.9. The highest BCUT2D eigenvalue weighted by Gasteiger charge is 2.48. The van der Waals surface area contributed by atoms with Crippen LogP contribution in [0.5, 0.6) is 0 Å². The molecule has 3 aliphatic rings. The molecule has 1 aromatic heterocycles. The molecule has 144 valence electrons. The number of piperazine rings is 1. The molecular formula is C21H28N4O2. The van der Waals surface area contributed by atoms with E-state index in [0.29, 0.717) is 5.56 Å². The van der Waals surface area contributed by atoms with E-state index < -0.39 is 0 Å². The predicted molar refractivity (Wildman–Crippen MR) is 102 cm³/mol. The summed E-state index contributed by atoms with van der Waals surface area (Å²) in [5.41, 5.74) is 1.47. The molecule has 1 aromatic rings. The summed E-state index contributed by atoms with van der Waals surface area (Å²) in [6, 6.07) is 4.16. The molecule has 1 aliphatic carbocycles. The number of pyridine rings is 1.